The summed E-state index contributed by atoms with van der Waals surface area (Å²) in [4.78, 5) is 22.2. The van der Waals surface area contributed by atoms with Crippen LogP contribution >= 0.6 is 15.7 Å². The predicted octanol–water partition coefficient (Wildman–Crippen LogP) is 1.61. The second-order valence-electron chi connectivity index (χ2n) is 5.99. The summed E-state index contributed by atoms with van der Waals surface area (Å²) >= 11 is 0. The zero-order valence-electron chi connectivity index (χ0n) is 13.7. The number of hydrogen-bond donors (Lipinski definition) is 3. The molecule has 0 aliphatic carbocycles. The lowest BCUT2D eigenvalue weighted by molar-refractivity contribution is 0.550. The molecule has 0 fully saturated rings. The van der Waals surface area contributed by atoms with Gasteiger partial charge in [0.05, 0.1) is 0 Å². The highest BCUT2D eigenvalue weighted by molar-refractivity contribution is 7.88. The Morgan fingerprint density at radius 1 is 1.22 bits per heavy atom. The van der Waals surface area contributed by atoms with Gasteiger partial charge in [-0.2, -0.15) is 0 Å². The van der Waals surface area contributed by atoms with Crippen molar-refractivity contribution in [3.05, 3.63) is 4.91 Å². The maximum absolute atomic E-state index is 11.9. The van der Waals surface area contributed by atoms with Gasteiger partial charge in [-0.25, -0.2) is 0 Å². The van der Waals surface area contributed by atoms with E-state index in [0.29, 0.717) is 12.2 Å². The maximum atomic E-state index is 11.9. The monoisotopic (exact) mass is 407 g/mol. The quantitative estimate of drug-likeness (QED) is 0.328. The SMILES string of the molecule is CC(CCS(=O)CCS(=O)CCC(C)(C)P(N)O)P(N)(=O)N=O. The largest absolute Gasteiger partial charge is 0.359 e. The average molecular weight is 407 g/mol. The lowest BCUT2D eigenvalue weighted by Crippen LogP contribution is -2.25. The highest BCUT2D eigenvalue weighted by Gasteiger charge is 2.27. The molecule has 0 aromatic carbocycles. The van der Waals surface area contributed by atoms with Gasteiger partial charge < -0.3 is 4.89 Å². The van der Waals surface area contributed by atoms with Crippen LogP contribution < -0.4 is 11.0 Å². The Bertz CT molecular complexity index is 490. The summed E-state index contributed by atoms with van der Waals surface area (Å²) < 4.78 is 35.3. The molecule has 138 valence electrons. The van der Waals surface area contributed by atoms with Crippen LogP contribution in [0.3, 0.4) is 0 Å². The van der Waals surface area contributed by atoms with E-state index in [0.717, 1.165) is 0 Å². The standard InChI is InChI=1S/C11H27N3O5P2S2/c1-10(21(13,17)14-15)4-6-22(18)8-9-23(19)7-5-11(2,3)20(12)16/h10,16H,4-9,12H2,1-3H3,(H2,13,17). The number of rotatable bonds is 12. The van der Waals surface area contributed by atoms with Gasteiger partial charge in [-0.3, -0.25) is 24.0 Å². The van der Waals surface area contributed by atoms with Gasteiger partial charge in [0.2, 0.25) is 0 Å². The van der Waals surface area contributed by atoms with E-state index in [9.17, 15) is 22.8 Å². The van der Waals surface area contributed by atoms with Crippen LogP contribution in [0.15, 0.2) is 4.95 Å². The third-order valence-corrected chi connectivity index (χ3v) is 9.79. The van der Waals surface area contributed by atoms with Crippen molar-refractivity contribution >= 4 is 37.3 Å². The molecule has 12 heteroatoms. The summed E-state index contributed by atoms with van der Waals surface area (Å²) in [7, 11) is -7.49. The first-order valence-corrected chi connectivity index (χ1v) is 13.2. The predicted molar refractivity (Wildman–Crippen MR) is 99.4 cm³/mol. The van der Waals surface area contributed by atoms with E-state index in [-0.39, 0.29) is 23.7 Å². The van der Waals surface area contributed by atoms with Crippen molar-refractivity contribution in [2.75, 3.05) is 23.0 Å². The molecule has 0 radical (unpaired) electrons. The normalized spacial score (nSPS) is 20.3. The summed E-state index contributed by atoms with van der Waals surface area (Å²) in [5, 5.41) is -0.455. The van der Waals surface area contributed by atoms with Crippen LogP contribution in [0.25, 0.3) is 0 Å². The summed E-state index contributed by atoms with van der Waals surface area (Å²) in [5.74, 6) is 1.19. The lowest BCUT2D eigenvalue weighted by atomic mass is 10.1. The Hall–Kier alpha value is 0.440. The van der Waals surface area contributed by atoms with Crippen molar-refractivity contribution in [3.63, 3.8) is 0 Å². The molecule has 0 bridgehead atoms. The summed E-state index contributed by atoms with van der Waals surface area (Å²) in [6.45, 7) is 5.18. The molecule has 23 heavy (non-hydrogen) atoms. The smallest absolute Gasteiger partial charge is 0.295 e. The molecular weight excluding hydrogens is 380 g/mol. The minimum absolute atomic E-state index is 0.241. The van der Waals surface area contributed by atoms with E-state index in [2.05, 4.69) is 4.95 Å². The van der Waals surface area contributed by atoms with Crippen LogP contribution in [0.4, 0.5) is 0 Å². The summed E-state index contributed by atoms with van der Waals surface area (Å²) in [6, 6.07) is 0. The highest BCUT2D eigenvalue weighted by atomic mass is 32.2. The zero-order valence-corrected chi connectivity index (χ0v) is 17.1. The second-order valence-corrected chi connectivity index (χ2v) is 13.7. The molecule has 0 aliphatic heterocycles. The van der Waals surface area contributed by atoms with E-state index in [4.69, 9.17) is 11.0 Å². The van der Waals surface area contributed by atoms with Crippen LogP contribution in [0.1, 0.15) is 33.6 Å². The first-order valence-electron chi connectivity index (χ1n) is 7.09. The molecule has 0 saturated carbocycles. The fourth-order valence-electron chi connectivity index (χ4n) is 1.44. The molecule has 0 aromatic rings. The second kappa shape index (κ2) is 10.4. The van der Waals surface area contributed by atoms with Crippen LogP contribution in [-0.4, -0.2) is 47.1 Å². The van der Waals surface area contributed by atoms with Gasteiger partial charge in [0, 0.05) is 60.4 Å². The molecular formula is C11H27N3O5P2S2. The Labute approximate surface area is 143 Å². The number of nitroso groups, excluding NO2 is 1. The Kier molecular flexibility index (Phi) is 10.6. The molecule has 0 aliphatic rings. The van der Waals surface area contributed by atoms with Crippen LogP contribution in [0.5, 0.6) is 0 Å². The van der Waals surface area contributed by atoms with Gasteiger partial charge in [-0.05, 0) is 12.8 Å². The molecule has 0 amide bonds. The van der Waals surface area contributed by atoms with Crippen LogP contribution in [0, 0.1) is 4.91 Å². The van der Waals surface area contributed by atoms with Crippen molar-refractivity contribution in [2.24, 2.45) is 16.0 Å². The van der Waals surface area contributed by atoms with Gasteiger partial charge in [-0.15, -0.1) is 4.91 Å². The van der Waals surface area contributed by atoms with E-state index in [1.165, 1.54) is 0 Å². The molecule has 0 heterocycles. The minimum atomic E-state index is -3.56. The maximum Gasteiger partial charge on any atom is 0.295 e. The van der Waals surface area contributed by atoms with Gasteiger partial charge in [0.15, 0.2) is 0 Å². The average Bonchev–Trinajstić information content (AvgIpc) is 2.48. The Morgan fingerprint density at radius 2 is 1.70 bits per heavy atom. The van der Waals surface area contributed by atoms with Crippen LogP contribution in [0.2, 0.25) is 0 Å². The topological polar surface area (TPSA) is 153 Å². The first kappa shape index (κ1) is 23.4. The fourth-order valence-corrected chi connectivity index (χ4v) is 6.01. The van der Waals surface area contributed by atoms with Gasteiger partial charge in [-0.1, -0.05) is 20.8 Å². The van der Waals surface area contributed by atoms with Crippen molar-refractivity contribution in [2.45, 2.75) is 44.4 Å². The first-order chi connectivity index (χ1) is 10.4. The molecule has 8 nitrogen and oxygen atoms in total. The molecule has 0 rings (SSSR count). The molecule has 5 atom stereocenters. The van der Waals surface area contributed by atoms with E-state index in [1.807, 2.05) is 13.8 Å². The van der Waals surface area contributed by atoms with Gasteiger partial charge in [0.25, 0.3) is 7.44 Å². The lowest BCUT2D eigenvalue weighted by Gasteiger charge is -2.26. The van der Waals surface area contributed by atoms with E-state index < -0.39 is 48.2 Å². The van der Waals surface area contributed by atoms with E-state index >= 15 is 0 Å². The van der Waals surface area contributed by atoms with Crippen molar-refractivity contribution in [1.82, 2.24) is 0 Å². The molecule has 5 unspecified atom stereocenters. The number of nitrogens with zero attached hydrogens (tertiary/aromatic N) is 1. The fraction of sp³-hybridized carbons (Fsp3) is 1.00. The summed E-state index contributed by atoms with van der Waals surface area (Å²) in [6.07, 6.45) is 0.803. The van der Waals surface area contributed by atoms with Crippen molar-refractivity contribution in [1.29, 1.82) is 0 Å². The van der Waals surface area contributed by atoms with Gasteiger partial charge >= 0.3 is 0 Å². The molecule has 0 aromatic heterocycles. The minimum Gasteiger partial charge on any atom is -0.359 e. The third-order valence-electron chi connectivity index (χ3n) is 3.62. The number of hydrogen-bond acceptors (Lipinski definition) is 6. The van der Waals surface area contributed by atoms with Crippen molar-refractivity contribution in [3.8, 4) is 0 Å². The Balaban J connectivity index is 4.09. The van der Waals surface area contributed by atoms with Crippen LogP contribution in [-0.2, 0) is 26.2 Å². The molecule has 0 saturated heterocycles. The van der Waals surface area contributed by atoms with E-state index in [1.54, 1.807) is 6.92 Å². The molecule has 0 spiro atoms. The van der Waals surface area contributed by atoms with Crippen molar-refractivity contribution < 1.29 is 17.9 Å². The summed E-state index contributed by atoms with van der Waals surface area (Å²) in [5.41, 5.74) is 10.2. The Morgan fingerprint density at radius 3 is 2.13 bits per heavy atom. The number of nitrogens with two attached hydrogens (primary N) is 2. The zero-order chi connectivity index (χ0) is 18.3. The molecule has 5 N–H and O–H groups in total. The third kappa shape index (κ3) is 9.48. The highest BCUT2D eigenvalue weighted by Crippen LogP contribution is 2.44. The van der Waals surface area contributed by atoms with Gasteiger partial charge in [0.1, 0.15) is 8.30 Å².